The zero-order valence-corrected chi connectivity index (χ0v) is 19.9. The molecule has 0 aliphatic carbocycles. The Labute approximate surface area is 210 Å². The molecule has 0 saturated carbocycles. The van der Waals surface area contributed by atoms with Gasteiger partial charge in [-0.1, -0.05) is 71.7 Å². The first kappa shape index (κ1) is 25.1. The fourth-order valence-electron chi connectivity index (χ4n) is 4.27. The van der Waals surface area contributed by atoms with Crippen LogP contribution in [0.15, 0.2) is 72.8 Å². The standard InChI is InChI=1S/C26H21Cl2F3N2O2/c27-19-9-10-20(23(28)12-19)25(35)33-14-21(17-7-4-8-18(11-17)26(29,30)31)22(15-33)24(34)32-13-16-5-2-1-3-6-16/h1-12,21-22H,13-15H2,(H,32,34)/t21-,22+/m1/s1. The second kappa shape index (κ2) is 10.3. The minimum absolute atomic E-state index is 0.0410. The maximum absolute atomic E-state index is 13.4. The van der Waals surface area contributed by atoms with Crippen molar-refractivity contribution in [3.63, 3.8) is 0 Å². The highest BCUT2D eigenvalue weighted by Crippen LogP contribution is 2.37. The molecule has 0 radical (unpaired) electrons. The molecule has 3 aromatic carbocycles. The fourth-order valence-corrected chi connectivity index (χ4v) is 4.76. The number of halogens is 5. The molecule has 35 heavy (non-hydrogen) atoms. The van der Waals surface area contributed by atoms with Crippen molar-refractivity contribution in [3.8, 4) is 0 Å². The minimum Gasteiger partial charge on any atom is -0.352 e. The second-order valence-electron chi connectivity index (χ2n) is 8.37. The van der Waals surface area contributed by atoms with Crippen LogP contribution >= 0.6 is 23.2 Å². The third-order valence-corrected chi connectivity index (χ3v) is 6.60. The quantitative estimate of drug-likeness (QED) is 0.436. The first-order valence-electron chi connectivity index (χ1n) is 10.9. The Morgan fingerprint density at radius 2 is 1.69 bits per heavy atom. The minimum atomic E-state index is -4.52. The Morgan fingerprint density at radius 3 is 2.37 bits per heavy atom. The highest BCUT2D eigenvalue weighted by Gasteiger charge is 2.41. The molecule has 0 unspecified atom stereocenters. The summed E-state index contributed by atoms with van der Waals surface area (Å²) in [5.74, 6) is -2.11. The molecule has 9 heteroatoms. The lowest BCUT2D eigenvalue weighted by molar-refractivity contribution is -0.137. The molecular weight excluding hydrogens is 500 g/mol. The molecule has 1 N–H and O–H groups in total. The van der Waals surface area contributed by atoms with Gasteiger partial charge in [0.2, 0.25) is 5.91 Å². The lowest BCUT2D eigenvalue weighted by Crippen LogP contribution is -2.35. The van der Waals surface area contributed by atoms with Crippen LogP contribution in [-0.4, -0.2) is 29.8 Å². The second-order valence-corrected chi connectivity index (χ2v) is 9.22. The topological polar surface area (TPSA) is 49.4 Å². The number of nitrogens with one attached hydrogen (secondary N) is 1. The van der Waals surface area contributed by atoms with Gasteiger partial charge < -0.3 is 10.2 Å². The summed E-state index contributed by atoms with van der Waals surface area (Å²) in [4.78, 5) is 27.9. The van der Waals surface area contributed by atoms with Gasteiger partial charge in [0.25, 0.3) is 5.91 Å². The summed E-state index contributed by atoms with van der Waals surface area (Å²) in [6.45, 7) is 0.379. The molecule has 0 aromatic heterocycles. The van der Waals surface area contributed by atoms with Gasteiger partial charge in [-0.3, -0.25) is 9.59 Å². The average molecular weight is 521 g/mol. The van der Waals surface area contributed by atoms with Crippen LogP contribution in [-0.2, 0) is 17.5 Å². The van der Waals surface area contributed by atoms with E-state index in [1.807, 2.05) is 30.3 Å². The van der Waals surface area contributed by atoms with E-state index in [4.69, 9.17) is 23.2 Å². The number of carbonyl (C=O) groups excluding carboxylic acids is 2. The van der Waals surface area contributed by atoms with E-state index < -0.39 is 29.5 Å². The number of carbonyl (C=O) groups is 2. The Bertz CT molecular complexity index is 1230. The number of hydrogen-bond donors (Lipinski definition) is 1. The molecular formula is C26H21Cl2F3N2O2. The van der Waals surface area contributed by atoms with E-state index in [0.717, 1.165) is 17.7 Å². The maximum atomic E-state index is 13.4. The number of rotatable bonds is 5. The summed E-state index contributed by atoms with van der Waals surface area (Å²) in [5, 5.41) is 3.39. The van der Waals surface area contributed by atoms with E-state index in [9.17, 15) is 22.8 Å². The van der Waals surface area contributed by atoms with Crippen LogP contribution in [0.3, 0.4) is 0 Å². The summed E-state index contributed by atoms with van der Waals surface area (Å²) in [6.07, 6.45) is -4.52. The molecule has 4 rings (SSSR count). The molecule has 0 spiro atoms. The molecule has 1 saturated heterocycles. The van der Waals surface area contributed by atoms with Crippen LogP contribution in [0.1, 0.15) is 33.0 Å². The summed E-state index contributed by atoms with van der Waals surface area (Å²) in [7, 11) is 0. The van der Waals surface area contributed by atoms with Crippen LogP contribution in [0, 0.1) is 5.92 Å². The SMILES string of the molecule is O=C(NCc1ccccc1)[C@H]1CN(C(=O)c2ccc(Cl)cc2Cl)C[C@@H]1c1cccc(C(F)(F)F)c1. The molecule has 1 aliphatic rings. The zero-order valence-electron chi connectivity index (χ0n) is 18.4. The van der Waals surface area contributed by atoms with Gasteiger partial charge >= 0.3 is 6.18 Å². The Hall–Kier alpha value is -3.03. The lowest BCUT2D eigenvalue weighted by Gasteiger charge is -2.19. The summed E-state index contributed by atoms with van der Waals surface area (Å²) in [5.41, 5.74) is 0.640. The monoisotopic (exact) mass is 520 g/mol. The maximum Gasteiger partial charge on any atom is 0.416 e. The highest BCUT2D eigenvalue weighted by molar-refractivity contribution is 6.36. The number of benzene rings is 3. The van der Waals surface area contributed by atoms with Gasteiger partial charge in [0.1, 0.15) is 0 Å². The van der Waals surface area contributed by atoms with Gasteiger partial charge in [0.15, 0.2) is 0 Å². The van der Waals surface area contributed by atoms with Crippen LogP contribution < -0.4 is 5.32 Å². The van der Waals surface area contributed by atoms with E-state index in [2.05, 4.69) is 5.32 Å². The molecule has 2 amide bonds. The van der Waals surface area contributed by atoms with Gasteiger partial charge in [0.05, 0.1) is 22.1 Å². The first-order chi connectivity index (χ1) is 16.6. The van der Waals surface area contributed by atoms with Crippen molar-refractivity contribution in [1.29, 1.82) is 0 Å². The van der Waals surface area contributed by atoms with E-state index >= 15 is 0 Å². The molecule has 3 aromatic rings. The predicted octanol–water partition coefficient (Wildman–Crippen LogP) is 6.18. The molecule has 1 fully saturated rings. The number of likely N-dealkylation sites (tertiary alicyclic amines) is 1. The van der Waals surface area contributed by atoms with Crippen molar-refractivity contribution in [2.45, 2.75) is 18.6 Å². The third-order valence-electron chi connectivity index (χ3n) is 6.06. The average Bonchev–Trinajstić information content (AvgIpc) is 3.28. The molecule has 2 atom stereocenters. The number of nitrogens with zero attached hydrogens (tertiary/aromatic N) is 1. The van der Waals surface area contributed by atoms with Crippen LogP contribution in [0.2, 0.25) is 10.0 Å². The largest absolute Gasteiger partial charge is 0.416 e. The number of amides is 2. The Kier molecular flexibility index (Phi) is 7.38. The summed E-state index contributed by atoms with van der Waals surface area (Å²) in [6, 6.07) is 18.6. The summed E-state index contributed by atoms with van der Waals surface area (Å²) >= 11 is 12.1. The van der Waals surface area contributed by atoms with Crippen molar-refractivity contribution in [2.75, 3.05) is 13.1 Å². The van der Waals surface area contributed by atoms with Crippen molar-refractivity contribution in [3.05, 3.63) is 105 Å². The van der Waals surface area contributed by atoms with Crippen molar-refractivity contribution >= 4 is 35.0 Å². The van der Waals surface area contributed by atoms with Gasteiger partial charge in [-0.2, -0.15) is 13.2 Å². The Morgan fingerprint density at radius 1 is 0.943 bits per heavy atom. The van der Waals surface area contributed by atoms with Gasteiger partial charge in [-0.25, -0.2) is 0 Å². The first-order valence-corrected chi connectivity index (χ1v) is 11.6. The van der Waals surface area contributed by atoms with Gasteiger partial charge in [0, 0.05) is 30.6 Å². The number of alkyl halides is 3. The van der Waals surface area contributed by atoms with Crippen molar-refractivity contribution in [2.24, 2.45) is 5.92 Å². The lowest BCUT2D eigenvalue weighted by atomic mass is 9.87. The van der Waals surface area contributed by atoms with E-state index in [1.165, 1.54) is 29.2 Å². The van der Waals surface area contributed by atoms with Gasteiger partial charge in [-0.05, 0) is 35.4 Å². The van der Waals surface area contributed by atoms with E-state index in [1.54, 1.807) is 6.07 Å². The van der Waals surface area contributed by atoms with Crippen LogP contribution in [0.5, 0.6) is 0 Å². The molecule has 4 nitrogen and oxygen atoms in total. The predicted molar refractivity (Wildman–Crippen MR) is 128 cm³/mol. The smallest absolute Gasteiger partial charge is 0.352 e. The normalized spacial score (nSPS) is 17.9. The molecule has 182 valence electrons. The van der Waals surface area contributed by atoms with E-state index in [0.29, 0.717) is 10.6 Å². The van der Waals surface area contributed by atoms with Gasteiger partial charge in [-0.15, -0.1) is 0 Å². The number of hydrogen-bond acceptors (Lipinski definition) is 2. The van der Waals surface area contributed by atoms with Crippen LogP contribution in [0.4, 0.5) is 13.2 Å². The van der Waals surface area contributed by atoms with E-state index in [-0.39, 0.29) is 36.1 Å². The highest BCUT2D eigenvalue weighted by atomic mass is 35.5. The van der Waals surface area contributed by atoms with Crippen molar-refractivity contribution < 1.29 is 22.8 Å². The summed E-state index contributed by atoms with van der Waals surface area (Å²) < 4.78 is 40.1. The Balaban J connectivity index is 1.62. The molecule has 0 bridgehead atoms. The fraction of sp³-hybridized carbons (Fsp3) is 0.231. The third kappa shape index (κ3) is 5.80. The van der Waals surface area contributed by atoms with Crippen LogP contribution in [0.25, 0.3) is 0 Å². The molecule has 1 aliphatic heterocycles. The van der Waals surface area contributed by atoms with Crippen molar-refractivity contribution in [1.82, 2.24) is 10.2 Å². The zero-order chi connectivity index (χ0) is 25.2. The molecule has 1 heterocycles.